The molecule has 0 N–H and O–H groups in total. The van der Waals surface area contributed by atoms with Gasteiger partial charge in [0.2, 0.25) is 0 Å². The summed E-state index contributed by atoms with van der Waals surface area (Å²) < 4.78 is 5.34. The van der Waals surface area contributed by atoms with E-state index in [1.165, 1.54) is 17.3 Å². The Labute approximate surface area is 108 Å². The summed E-state index contributed by atoms with van der Waals surface area (Å²) in [6, 6.07) is 8.13. The van der Waals surface area contributed by atoms with E-state index in [1.54, 1.807) is 0 Å². The summed E-state index contributed by atoms with van der Waals surface area (Å²) in [5, 5.41) is -0.184. The molecule has 0 radical (unpaired) electrons. The number of esters is 1. The molecule has 1 aromatic rings. The molecule has 1 atom stereocenters. The van der Waals surface area contributed by atoms with Gasteiger partial charge < -0.3 is 4.74 Å². The largest absolute Gasteiger partial charge is 0.459 e. The molecule has 0 spiro atoms. The molecule has 1 rings (SSSR count). The highest BCUT2D eigenvalue weighted by Gasteiger charge is 2.22. The lowest BCUT2D eigenvalue weighted by molar-refractivity contribution is -0.153. The van der Waals surface area contributed by atoms with Gasteiger partial charge in [-0.25, -0.2) is 0 Å². The van der Waals surface area contributed by atoms with Crippen LogP contribution in [-0.4, -0.2) is 16.8 Å². The van der Waals surface area contributed by atoms with Gasteiger partial charge in [0.05, 0.1) is 0 Å². The Kier molecular flexibility index (Phi) is 4.63. The van der Waals surface area contributed by atoms with Crippen molar-refractivity contribution in [3.63, 3.8) is 0 Å². The van der Waals surface area contributed by atoms with Crippen LogP contribution >= 0.6 is 11.8 Å². The summed E-state index contributed by atoms with van der Waals surface area (Å²) in [4.78, 5) is 12.9. The fourth-order valence-electron chi connectivity index (χ4n) is 1.33. The molecule has 0 saturated heterocycles. The van der Waals surface area contributed by atoms with Gasteiger partial charge in [-0.3, -0.25) is 4.79 Å². The van der Waals surface area contributed by atoms with Crippen LogP contribution in [0.5, 0.6) is 0 Å². The molecule has 0 aliphatic rings. The van der Waals surface area contributed by atoms with Crippen LogP contribution < -0.4 is 0 Å². The van der Waals surface area contributed by atoms with Crippen molar-refractivity contribution in [2.24, 2.45) is 0 Å². The molecule has 1 aromatic carbocycles. The minimum atomic E-state index is -0.418. The second-order valence-electron chi connectivity index (χ2n) is 5.11. The zero-order chi connectivity index (χ0) is 13.1. The monoisotopic (exact) mass is 252 g/mol. The van der Waals surface area contributed by atoms with Gasteiger partial charge >= 0.3 is 5.97 Å². The van der Waals surface area contributed by atoms with Gasteiger partial charge in [-0.2, -0.15) is 0 Å². The van der Waals surface area contributed by atoms with Crippen LogP contribution in [0, 0.1) is 6.92 Å². The summed E-state index contributed by atoms with van der Waals surface area (Å²) in [6.07, 6.45) is 0. The fourth-order valence-corrected chi connectivity index (χ4v) is 2.29. The van der Waals surface area contributed by atoms with E-state index < -0.39 is 5.60 Å². The van der Waals surface area contributed by atoms with Gasteiger partial charge in [-0.05, 0) is 46.8 Å². The first-order chi connectivity index (χ1) is 7.78. The minimum absolute atomic E-state index is 0.163. The topological polar surface area (TPSA) is 26.3 Å². The SMILES string of the molecule is Cc1cccc(SC(C)C(=O)OC(C)(C)C)c1. The Morgan fingerprint density at radius 1 is 1.35 bits per heavy atom. The Hall–Kier alpha value is -0.960. The molecule has 0 aromatic heterocycles. The van der Waals surface area contributed by atoms with Gasteiger partial charge in [0.15, 0.2) is 0 Å². The van der Waals surface area contributed by atoms with Crippen LogP contribution in [0.3, 0.4) is 0 Å². The quantitative estimate of drug-likeness (QED) is 0.604. The van der Waals surface area contributed by atoms with Gasteiger partial charge in [0, 0.05) is 4.90 Å². The van der Waals surface area contributed by atoms with E-state index in [-0.39, 0.29) is 11.2 Å². The normalized spacial score (nSPS) is 13.2. The van der Waals surface area contributed by atoms with Crippen LogP contribution in [0.1, 0.15) is 33.3 Å². The number of aryl methyl sites for hydroxylation is 1. The molecule has 94 valence electrons. The van der Waals surface area contributed by atoms with Gasteiger partial charge in [-0.1, -0.05) is 17.7 Å². The van der Waals surface area contributed by atoms with E-state index in [0.29, 0.717) is 0 Å². The van der Waals surface area contributed by atoms with Gasteiger partial charge in [0.25, 0.3) is 0 Å². The van der Waals surface area contributed by atoms with Crippen molar-refractivity contribution < 1.29 is 9.53 Å². The third-order valence-corrected chi connectivity index (χ3v) is 3.11. The summed E-state index contributed by atoms with van der Waals surface area (Å²) >= 11 is 1.53. The molecule has 0 amide bonds. The molecular formula is C14H20O2S. The zero-order valence-corrected chi connectivity index (χ0v) is 11.9. The summed E-state index contributed by atoms with van der Waals surface area (Å²) in [5.41, 5.74) is 0.782. The highest BCUT2D eigenvalue weighted by molar-refractivity contribution is 8.00. The molecule has 0 heterocycles. The van der Waals surface area contributed by atoms with Crippen LogP contribution in [-0.2, 0) is 9.53 Å². The van der Waals surface area contributed by atoms with E-state index in [4.69, 9.17) is 4.74 Å². The third-order valence-electron chi connectivity index (χ3n) is 2.04. The van der Waals surface area contributed by atoms with Crippen LogP contribution in [0.25, 0.3) is 0 Å². The molecule has 3 heteroatoms. The maximum atomic E-state index is 11.8. The zero-order valence-electron chi connectivity index (χ0n) is 11.1. The highest BCUT2D eigenvalue weighted by Crippen LogP contribution is 2.25. The van der Waals surface area contributed by atoms with Crippen molar-refractivity contribution in [1.82, 2.24) is 0 Å². The molecule has 0 aliphatic heterocycles. The first-order valence-electron chi connectivity index (χ1n) is 5.74. The van der Waals surface area contributed by atoms with Crippen molar-refractivity contribution in [2.75, 3.05) is 0 Å². The highest BCUT2D eigenvalue weighted by atomic mass is 32.2. The smallest absolute Gasteiger partial charge is 0.319 e. The number of hydrogen-bond acceptors (Lipinski definition) is 3. The lowest BCUT2D eigenvalue weighted by atomic mass is 10.2. The predicted octanol–water partition coefficient (Wildman–Crippen LogP) is 3.82. The molecule has 1 unspecified atom stereocenters. The first kappa shape index (κ1) is 14.1. The fraction of sp³-hybridized carbons (Fsp3) is 0.500. The third kappa shape index (κ3) is 5.26. The van der Waals surface area contributed by atoms with Crippen molar-refractivity contribution in [3.8, 4) is 0 Å². The average molecular weight is 252 g/mol. The van der Waals surface area contributed by atoms with E-state index in [0.717, 1.165) is 4.90 Å². The van der Waals surface area contributed by atoms with Crippen LogP contribution in [0.15, 0.2) is 29.2 Å². The Morgan fingerprint density at radius 3 is 2.53 bits per heavy atom. The number of rotatable bonds is 3. The molecule has 17 heavy (non-hydrogen) atoms. The van der Waals surface area contributed by atoms with E-state index >= 15 is 0 Å². The lowest BCUT2D eigenvalue weighted by Gasteiger charge is -2.22. The summed E-state index contributed by atoms with van der Waals surface area (Å²) in [6.45, 7) is 9.57. The van der Waals surface area contributed by atoms with Crippen molar-refractivity contribution in [3.05, 3.63) is 29.8 Å². The standard InChI is InChI=1S/C14H20O2S/c1-10-7-6-8-12(9-10)17-11(2)13(15)16-14(3,4)5/h6-9,11H,1-5H3. The maximum Gasteiger partial charge on any atom is 0.319 e. The van der Waals surface area contributed by atoms with Crippen molar-refractivity contribution in [1.29, 1.82) is 0 Å². The van der Waals surface area contributed by atoms with E-state index in [1.807, 2.05) is 52.8 Å². The molecule has 0 aliphatic carbocycles. The predicted molar refractivity (Wildman–Crippen MR) is 72.3 cm³/mol. The van der Waals surface area contributed by atoms with Crippen molar-refractivity contribution >= 4 is 17.7 Å². The summed E-state index contributed by atoms with van der Waals surface area (Å²) in [7, 11) is 0. The first-order valence-corrected chi connectivity index (χ1v) is 6.62. The van der Waals surface area contributed by atoms with E-state index in [2.05, 4.69) is 6.07 Å². The number of thioether (sulfide) groups is 1. The number of hydrogen-bond donors (Lipinski definition) is 0. The molecule has 0 fully saturated rings. The number of carbonyl (C=O) groups excluding carboxylic acids is 1. The average Bonchev–Trinajstić information content (AvgIpc) is 2.14. The second kappa shape index (κ2) is 5.58. The van der Waals surface area contributed by atoms with Gasteiger partial charge in [-0.15, -0.1) is 11.8 Å². The van der Waals surface area contributed by atoms with E-state index in [9.17, 15) is 4.79 Å². The van der Waals surface area contributed by atoms with Crippen LogP contribution in [0.2, 0.25) is 0 Å². The van der Waals surface area contributed by atoms with Crippen LogP contribution in [0.4, 0.5) is 0 Å². The number of carbonyl (C=O) groups is 1. The van der Waals surface area contributed by atoms with Crippen molar-refractivity contribution in [2.45, 2.75) is 50.4 Å². The number of ether oxygens (including phenoxy) is 1. The molecule has 0 saturated carbocycles. The van der Waals surface area contributed by atoms with Gasteiger partial charge in [0.1, 0.15) is 10.9 Å². The molecular weight excluding hydrogens is 232 g/mol. The molecule has 2 nitrogen and oxygen atoms in total. The Bertz CT molecular complexity index is 393. The molecule has 0 bridgehead atoms. The maximum absolute atomic E-state index is 11.8. The Balaban J connectivity index is 2.60. The minimum Gasteiger partial charge on any atom is -0.459 e. The Morgan fingerprint density at radius 2 is 2.00 bits per heavy atom. The second-order valence-corrected chi connectivity index (χ2v) is 6.52. The summed E-state index contributed by atoms with van der Waals surface area (Å²) in [5.74, 6) is -0.163. The number of benzene rings is 1. The lowest BCUT2D eigenvalue weighted by Crippen LogP contribution is -2.28.